The average molecular weight is 383 g/mol. The summed E-state index contributed by atoms with van der Waals surface area (Å²) in [6.45, 7) is 5.80. The van der Waals surface area contributed by atoms with Gasteiger partial charge in [-0.3, -0.25) is 4.99 Å². The Morgan fingerprint density at radius 2 is 2.21 bits per heavy atom. The molecule has 19 heavy (non-hydrogen) atoms. The normalized spacial score (nSPS) is 32.6. The first-order valence-electron chi connectivity index (χ1n) is 6.70. The minimum absolute atomic E-state index is 0. The maximum Gasteiger partial charge on any atom is 0.191 e. The first kappa shape index (κ1) is 15.3. The predicted molar refractivity (Wildman–Crippen MR) is 81.9 cm³/mol. The third-order valence-corrected chi connectivity index (χ3v) is 3.57. The molecule has 7 heteroatoms. The van der Waals surface area contributed by atoms with Crippen molar-refractivity contribution in [3.8, 4) is 0 Å². The van der Waals surface area contributed by atoms with Crippen LogP contribution >= 0.6 is 24.0 Å². The molecular weight excluding hydrogens is 361 g/mol. The van der Waals surface area contributed by atoms with E-state index in [0.717, 1.165) is 45.1 Å². The van der Waals surface area contributed by atoms with E-state index >= 15 is 0 Å². The zero-order valence-corrected chi connectivity index (χ0v) is 13.5. The summed E-state index contributed by atoms with van der Waals surface area (Å²) in [5, 5.41) is 6.55. The fraction of sp³-hybridized carbons (Fsp3) is 0.917. The van der Waals surface area contributed by atoms with Crippen molar-refractivity contribution < 1.29 is 14.2 Å². The second-order valence-corrected chi connectivity index (χ2v) is 5.19. The van der Waals surface area contributed by atoms with Crippen LogP contribution in [0.2, 0.25) is 0 Å². The quantitative estimate of drug-likeness (QED) is 0.679. The predicted octanol–water partition coefficient (Wildman–Crippen LogP) is 0.464. The number of nitrogens with zero attached hydrogens (tertiary/aromatic N) is 1. The van der Waals surface area contributed by atoms with Crippen LogP contribution in [0.1, 0.15) is 19.8 Å². The lowest BCUT2D eigenvalue weighted by Gasteiger charge is -2.31. The van der Waals surface area contributed by atoms with Crippen molar-refractivity contribution in [1.82, 2.24) is 10.6 Å². The maximum absolute atomic E-state index is 6.03. The molecule has 0 aromatic carbocycles. The molecule has 3 heterocycles. The van der Waals surface area contributed by atoms with Gasteiger partial charge in [-0.25, -0.2) is 0 Å². The van der Waals surface area contributed by atoms with Crippen molar-refractivity contribution in [3.63, 3.8) is 0 Å². The number of ether oxygens (including phenoxy) is 3. The van der Waals surface area contributed by atoms with E-state index in [0.29, 0.717) is 12.6 Å². The summed E-state index contributed by atoms with van der Waals surface area (Å²) in [5.41, 5.74) is 0. The van der Waals surface area contributed by atoms with Crippen molar-refractivity contribution in [2.24, 2.45) is 4.99 Å². The molecule has 6 nitrogen and oxygen atoms in total. The topological polar surface area (TPSA) is 64.1 Å². The molecule has 110 valence electrons. The van der Waals surface area contributed by atoms with Crippen LogP contribution in [0.5, 0.6) is 0 Å². The van der Waals surface area contributed by atoms with E-state index in [1.54, 1.807) is 0 Å². The summed E-state index contributed by atoms with van der Waals surface area (Å²) in [6, 6.07) is 0.426. The molecule has 2 unspecified atom stereocenters. The molecule has 2 saturated heterocycles. The van der Waals surface area contributed by atoms with Gasteiger partial charge >= 0.3 is 0 Å². The minimum atomic E-state index is -0.386. The molecule has 0 amide bonds. The Kier molecular flexibility index (Phi) is 5.27. The second kappa shape index (κ2) is 6.55. The van der Waals surface area contributed by atoms with Gasteiger partial charge in [0.1, 0.15) is 6.10 Å². The Morgan fingerprint density at radius 1 is 1.42 bits per heavy atom. The molecule has 2 fully saturated rings. The lowest BCUT2D eigenvalue weighted by molar-refractivity contribution is -0.210. The average Bonchev–Trinajstić information content (AvgIpc) is 2.96. The number of rotatable bonds is 2. The third kappa shape index (κ3) is 3.71. The van der Waals surface area contributed by atoms with Gasteiger partial charge in [-0.15, -0.1) is 24.0 Å². The first-order chi connectivity index (χ1) is 8.76. The maximum atomic E-state index is 6.03. The molecular formula is C12H22IN3O3. The molecule has 2 atom stereocenters. The van der Waals surface area contributed by atoms with Gasteiger partial charge in [0.25, 0.3) is 0 Å². The smallest absolute Gasteiger partial charge is 0.191 e. The summed E-state index contributed by atoms with van der Waals surface area (Å²) in [4.78, 5) is 4.36. The summed E-state index contributed by atoms with van der Waals surface area (Å²) in [5.74, 6) is 0.488. The van der Waals surface area contributed by atoms with Gasteiger partial charge in [-0.2, -0.15) is 0 Å². The largest absolute Gasteiger partial charge is 0.381 e. The van der Waals surface area contributed by atoms with Crippen molar-refractivity contribution in [2.45, 2.75) is 37.7 Å². The Morgan fingerprint density at radius 3 is 2.89 bits per heavy atom. The molecule has 0 saturated carbocycles. The molecule has 0 radical (unpaired) electrons. The summed E-state index contributed by atoms with van der Waals surface area (Å²) < 4.78 is 17.2. The van der Waals surface area contributed by atoms with Gasteiger partial charge in [0.15, 0.2) is 11.7 Å². The number of aliphatic imine (C=N–C) groups is 1. The fourth-order valence-electron chi connectivity index (χ4n) is 2.53. The Bertz CT molecular complexity index is 334. The molecule has 3 aliphatic rings. The number of nitrogens with one attached hydrogen (secondary N) is 2. The van der Waals surface area contributed by atoms with Gasteiger partial charge in [-0.05, 0) is 6.92 Å². The molecule has 3 aliphatic heterocycles. The Labute approximate surface area is 130 Å². The van der Waals surface area contributed by atoms with Gasteiger partial charge in [0.05, 0.1) is 26.4 Å². The molecule has 1 spiro atoms. The molecule has 0 aromatic rings. The highest BCUT2D eigenvalue weighted by Crippen LogP contribution is 2.32. The number of hydrogen-bond acceptors (Lipinski definition) is 6. The summed E-state index contributed by atoms with van der Waals surface area (Å²) >= 11 is 0. The highest BCUT2D eigenvalue weighted by atomic mass is 127. The van der Waals surface area contributed by atoms with Gasteiger partial charge < -0.3 is 24.8 Å². The Hall–Kier alpha value is -0.120. The van der Waals surface area contributed by atoms with Crippen LogP contribution < -0.4 is 10.6 Å². The van der Waals surface area contributed by atoms with E-state index < -0.39 is 0 Å². The monoisotopic (exact) mass is 383 g/mol. The summed E-state index contributed by atoms with van der Waals surface area (Å²) in [6.07, 6.45) is 1.77. The van der Waals surface area contributed by atoms with Crippen molar-refractivity contribution in [3.05, 3.63) is 0 Å². The molecule has 2 N–H and O–H groups in total. The Balaban J connectivity index is 0.00000133. The van der Waals surface area contributed by atoms with Crippen LogP contribution in [0.15, 0.2) is 4.99 Å². The molecule has 0 aromatic heterocycles. The molecule has 0 bridgehead atoms. The van der Waals surface area contributed by atoms with E-state index in [4.69, 9.17) is 14.2 Å². The molecule has 0 aliphatic carbocycles. The van der Waals surface area contributed by atoms with Crippen molar-refractivity contribution in [1.29, 1.82) is 0 Å². The number of halogens is 1. The SMILES string of the molecule is CC1CN=C(NCC2COC3(CCOCC3)O2)N1.I. The van der Waals surface area contributed by atoms with Gasteiger partial charge in [-0.1, -0.05) is 0 Å². The van der Waals surface area contributed by atoms with E-state index in [1.165, 1.54) is 0 Å². The second-order valence-electron chi connectivity index (χ2n) is 5.19. The van der Waals surface area contributed by atoms with Crippen LogP contribution in [-0.2, 0) is 14.2 Å². The lowest BCUT2D eigenvalue weighted by Crippen LogP contribution is -2.43. The zero-order chi connectivity index (χ0) is 12.4. The third-order valence-electron chi connectivity index (χ3n) is 3.57. The molecule has 3 rings (SSSR count). The van der Waals surface area contributed by atoms with Crippen LogP contribution in [-0.4, -0.2) is 56.8 Å². The highest BCUT2D eigenvalue weighted by molar-refractivity contribution is 14.0. The minimum Gasteiger partial charge on any atom is -0.381 e. The van der Waals surface area contributed by atoms with Crippen molar-refractivity contribution >= 4 is 29.9 Å². The summed E-state index contributed by atoms with van der Waals surface area (Å²) in [7, 11) is 0. The first-order valence-corrected chi connectivity index (χ1v) is 6.70. The van der Waals surface area contributed by atoms with Crippen LogP contribution in [0.4, 0.5) is 0 Å². The van der Waals surface area contributed by atoms with Gasteiger partial charge in [0.2, 0.25) is 0 Å². The zero-order valence-electron chi connectivity index (χ0n) is 11.2. The van der Waals surface area contributed by atoms with Crippen LogP contribution in [0, 0.1) is 0 Å². The standard InChI is InChI=1S/C12H21N3O3.HI/c1-9-6-13-11(15-9)14-7-10-8-17-12(18-10)2-4-16-5-3-12;/h9-10H,2-8H2,1H3,(H2,13,14,15);1H. The highest BCUT2D eigenvalue weighted by Gasteiger charge is 2.42. The van der Waals surface area contributed by atoms with E-state index in [1.807, 2.05) is 0 Å². The van der Waals surface area contributed by atoms with Crippen LogP contribution in [0.25, 0.3) is 0 Å². The van der Waals surface area contributed by atoms with Gasteiger partial charge in [0, 0.05) is 25.4 Å². The lowest BCUT2D eigenvalue weighted by atomic mass is 10.1. The van der Waals surface area contributed by atoms with E-state index in [9.17, 15) is 0 Å². The number of guanidine groups is 1. The van der Waals surface area contributed by atoms with Crippen LogP contribution in [0.3, 0.4) is 0 Å². The van der Waals surface area contributed by atoms with E-state index in [2.05, 4.69) is 22.5 Å². The number of hydrogen-bond donors (Lipinski definition) is 2. The van der Waals surface area contributed by atoms with Crippen molar-refractivity contribution in [2.75, 3.05) is 32.9 Å². The van der Waals surface area contributed by atoms with E-state index in [-0.39, 0.29) is 35.9 Å². The fourth-order valence-corrected chi connectivity index (χ4v) is 2.53.